The predicted molar refractivity (Wildman–Crippen MR) is 140 cm³/mol. The second-order valence-corrected chi connectivity index (χ2v) is 9.83. The van der Waals surface area contributed by atoms with Gasteiger partial charge in [0.2, 0.25) is 0 Å². The third-order valence-corrected chi connectivity index (χ3v) is 7.18. The van der Waals surface area contributed by atoms with Crippen molar-refractivity contribution < 1.29 is 4.74 Å². The summed E-state index contributed by atoms with van der Waals surface area (Å²) in [6, 6.07) is 30.7. The number of allylic oxidation sites excluding steroid dienone is 2. The number of fused-ring (bicyclic) bond motifs is 2. The first-order valence-electron chi connectivity index (χ1n) is 11.3. The number of nitrogens with zero attached hydrogens (tertiary/aromatic N) is 4. The third kappa shape index (κ3) is 3.93. The number of para-hydroxylation sites is 2. The summed E-state index contributed by atoms with van der Waals surface area (Å²) < 4.78 is 5.87. The van der Waals surface area contributed by atoms with Crippen LogP contribution in [0.1, 0.15) is 19.4 Å². The highest BCUT2D eigenvalue weighted by molar-refractivity contribution is 7.99. The van der Waals surface area contributed by atoms with Gasteiger partial charge in [-0.15, -0.1) is 0 Å². The average molecular weight is 485 g/mol. The van der Waals surface area contributed by atoms with E-state index in [1.807, 2.05) is 68.5 Å². The first-order valence-corrected chi connectivity index (χ1v) is 12.1. The van der Waals surface area contributed by atoms with Gasteiger partial charge in [0.15, 0.2) is 11.3 Å². The highest BCUT2D eigenvalue weighted by atomic mass is 32.2. The van der Waals surface area contributed by atoms with E-state index in [0.717, 1.165) is 27.5 Å². The molecule has 5 nitrogen and oxygen atoms in total. The minimum Gasteiger partial charge on any atom is -0.480 e. The van der Waals surface area contributed by atoms with Crippen LogP contribution >= 0.6 is 11.8 Å². The predicted octanol–water partition coefficient (Wildman–Crippen LogP) is 7.56. The lowest BCUT2D eigenvalue weighted by Gasteiger charge is -2.33. The Morgan fingerprint density at radius 1 is 0.861 bits per heavy atom. The molecule has 3 aromatic carbocycles. The van der Waals surface area contributed by atoms with Crippen molar-refractivity contribution in [3.8, 4) is 18.2 Å². The van der Waals surface area contributed by atoms with E-state index in [1.54, 1.807) is 11.8 Å². The molecule has 5 rings (SSSR count). The molecule has 0 radical (unpaired) electrons. The van der Waals surface area contributed by atoms with Crippen molar-refractivity contribution >= 4 is 34.9 Å². The van der Waals surface area contributed by atoms with Crippen LogP contribution in [0.15, 0.2) is 111 Å². The summed E-state index contributed by atoms with van der Waals surface area (Å²) in [5.41, 5.74) is 4.09. The maximum atomic E-state index is 9.78. The van der Waals surface area contributed by atoms with Gasteiger partial charge in [-0.1, -0.05) is 60.3 Å². The Balaban J connectivity index is 1.57. The second kappa shape index (κ2) is 9.16. The Morgan fingerprint density at radius 2 is 1.56 bits per heavy atom. The van der Waals surface area contributed by atoms with Crippen molar-refractivity contribution in [3.05, 3.63) is 107 Å². The van der Waals surface area contributed by atoms with Gasteiger partial charge >= 0.3 is 0 Å². The molecule has 0 saturated heterocycles. The Labute approximate surface area is 214 Å². The van der Waals surface area contributed by atoms with E-state index < -0.39 is 5.60 Å². The molecular weight excluding hydrogens is 464 g/mol. The maximum Gasteiger partial charge on any atom is 0.172 e. The molecule has 6 heteroatoms. The van der Waals surface area contributed by atoms with Crippen LogP contribution in [0.4, 0.5) is 17.1 Å². The zero-order chi connectivity index (χ0) is 25.3. The normalized spacial score (nSPS) is 15.4. The summed E-state index contributed by atoms with van der Waals surface area (Å²) in [4.78, 5) is 4.56. The molecule has 0 N–H and O–H groups in total. The van der Waals surface area contributed by atoms with Crippen LogP contribution in [-0.4, -0.2) is 5.60 Å². The van der Waals surface area contributed by atoms with Gasteiger partial charge in [0.25, 0.3) is 0 Å². The molecule has 2 aliphatic heterocycles. The highest BCUT2D eigenvalue weighted by Crippen LogP contribution is 2.51. The Bertz CT molecular complexity index is 1580. The molecule has 172 valence electrons. The van der Waals surface area contributed by atoms with Gasteiger partial charge in [0.1, 0.15) is 29.4 Å². The topological polar surface area (TPSA) is 83.8 Å². The zero-order valence-corrected chi connectivity index (χ0v) is 20.5. The minimum absolute atomic E-state index is 0.0447. The van der Waals surface area contributed by atoms with Crippen LogP contribution in [0.5, 0.6) is 0 Å². The number of rotatable bonds is 3. The van der Waals surface area contributed by atoms with Crippen molar-refractivity contribution in [1.82, 2.24) is 0 Å². The third-order valence-electron chi connectivity index (χ3n) is 6.07. The van der Waals surface area contributed by atoms with Crippen LogP contribution in [0.25, 0.3) is 6.08 Å². The quantitative estimate of drug-likeness (QED) is 0.279. The summed E-state index contributed by atoms with van der Waals surface area (Å²) in [6.45, 7) is 3.64. The number of benzene rings is 3. The van der Waals surface area contributed by atoms with Crippen LogP contribution in [0.3, 0.4) is 0 Å². The standard InChI is InChI=1S/C30H20N4OS/c1-30(2)24(23(19-33)29(35-30)21(17-31)18-32)14-12-20-13-15-26-28(16-20)36-27-11-7-6-10-25(27)34(26)22-8-4-3-5-9-22/h3-16H,1-2H3. The SMILES string of the molecule is CC1(C)OC(=C(C#N)C#N)C(C#N)=C1C=Cc1ccc2c(c1)Sc1ccccc1N2c1ccccc1. The fourth-order valence-electron chi connectivity index (χ4n) is 4.39. The van der Waals surface area contributed by atoms with Gasteiger partial charge in [-0.2, -0.15) is 15.8 Å². The number of nitriles is 3. The van der Waals surface area contributed by atoms with E-state index in [1.165, 1.54) is 4.90 Å². The van der Waals surface area contributed by atoms with Gasteiger partial charge in [-0.3, -0.25) is 0 Å². The first-order chi connectivity index (χ1) is 17.5. The molecule has 0 aromatic heterocycles. The monoisotopic (exact) mass is 484 g/mol. The highest BCUT2D eigenvalue weighted by Gasteiger charge is 2.38. The van der Waals surface area contributed by atoms with E-state index in [0.29, 0.717) is 5.57 Å². The molecule has 36 heavy (non-hydrogen) atoms. The Kier molecular flexibility index (Phi) is 5.87. The summed E-state index contributed by atoms with van der Waals surface area (Å²) in [6.07, 6.45) is 3.78. The lowest BCUT2D eigenvalue weighted by molar-refractivity contribution is 0.0954. The average Bonchev–Trinajstić information content (AvgIpc) is 3.16. The number of hydrogen-bond donors (Lipinski definition) is 0. The number of hydrogen-bond acceptors (Lipinski definition) is 6. The molecule has 0 unspecified atom stereocenters. The molecular formula is C30H20N4OS. The van der Waals surface area contributed by atoms with E-state index >= 15 is 0 Å². The van der Waals surface area contributed by atoms with Crippen molar-refractivity contribution in [3.63, 3.8) is 0 Å². The van der Waals surface area contributed by atoms with E-state index in [4.69, 9.17) is 4.74 Å². The molecule has 0 aliphatic carbocycles. The summed E-state index contributed by atoms with van der Waals surface area (Å²) in [5, 5.41) is 28.3. The summed E-state index contributed by atoms with van der Waals surface area (Å²) in [7, 11) is 0. The molecule has 0 spiro atoms. The van der Waals surface area contributed by atoms with Gasteiger partial charge in [-0.25, -0.2) is 0 Å². The second-order valence-electron chi connectivity index (χ2n) is 8.74. The summed E-state index contributed by atoms with van der Waals surface area (Å²) in [5.74, 6) is 0.0447. The van der Waals surface area contributed by atoms with Crippen molar-refractivity contribution in [1.29, 1.82) is 15.8 Å². The lowest BCUT2D eigenvalue weighted by Crippen LogP contribution is -2.20. The van der Waals surface area contributed by atoms with Gasteiger partial charge < -0.3 is 9.64 Å². The first kappa shape index (κ1) is 23.1. The van der Waals surface area contributed by atoms with Crippen LogP contribution in [0, 0.1) is 34.0 Å². The summed E-state index contributed by atoms with van der Waals surface area (Å²) >= 11 is 1.72. The molecule has 0 bridgehead atoms. The smallest absolute Gasteiger partial charge is 0.172 e. The maximum absolute atomic E-state index is 9.78. The number of anilines is 3. The fraction of sp³-hybridized carbons (Fsp3) is 0.100. The molecule has 0 atom stereocenters. The molecule has 0 amide bonds. The molecule has 0 saturated carbocycles. The fourth-order valence-corrected chi connectivity index (χ4v) is 5.50. The van der Waals surface area contributed by atoms with Crippen LogP contribution in [-0.2, 0) is 4.74 Å². The molecule has 0 fully saturated rings. The lowest BCUT2D eigenvalue weighted by atomic mass is 9.94. The number of ether oxygens (including phenoxy) is 1. The molecule has 3 aromatic rings. The molecule has 2 aliphatic rings. The zero-order valence-electron chi connectivity index (χ0n) is 19.7. The Hall–Kier alpha value is -4.70. The van der Waals surface area contributed by atoms with Crippen molar-refractivity contribution in [2.75, 3.05) is 4.90 Å². The van der Waals surface area contributed by atoms with Crippen LogP contribution in [0.2, 0.25) is 0 Å². The van der Waals surface area contributed by atoms with Crippen LogP contribution < -0.4 is 4.90 Å². The van der Waals surface area contributed by atoms with E-state index in [-0.39, 0.29) is 16.9 Å². The van der Waals surface area contributed by atoms with E-state index in [2.05, 4.69) is 53.4 Å². The van der Waals surface area contributed by atoms with Gasteiger partial charge in [0.05, 0.1) is 11.4 Å². The van der Waals surface area contributed by atoms with Gasteiger partial charge in [-0.05, 0) is 55.8 Å². The van der Waals surface area contributed by atoms with Crippen molar-refractivity contribution in [2.24, 2.45) is 0 Å². The van der Waals surface area contributed by atoms with E-state index in [9.17, 15) is 15.8 Å². The van der Waals surface area contributed by atoms with Crippen molar-refractivity contribution in [2.45, 2.75) is 29.2 Å². The minimum atomic E-state index is -0.845. The largest absolute Gasteiger partial charge is 0.480 e. The van der Waals surface area contributed by atoms with Gasteiger partial charge in [0, 0.05) is 21.1 Å². The Morgan fingerprint density at radius 3 is 2.28 bits per heavy atom. The molecule has 2 heterocycles.